The highest BCUT2D eigenvalue weighted by molar-refractivity contribution is 5.88. The summed E-state index contributed by atoms with van der Waals surface area (Å²) in [5.74, 6) is 0.875. The summed E-state index contributed by atoms with van der Waals surface area (Å²) in [6.45, 7) is 3.27. The van der Waals surface area contributed by atoms with E-state index in [1.54, 1.807) is 24.5 Å². The van der Waals surface area contributed by atoms with Gasteiger partial charge in [0.2, 0.25) is 11.9 Å². The lowest BCUT2D eigenvalue weighted by Crippen LogP contribution is -2.21. The monoisotopic (exact) mass is 378 g/mol. The van der Waals surface area contributed by atoms with Crippen molar-refractivity contribution in [2.24, 2.45) is 0 Å². The van der Waals surface area contributed by atoms with Crippen molar-refractivity contribution >= 4 is 29.0 Å². The number of hydrogen-bond acceptors (Lipinski definition) is 7. The SMILES string of the molecule is CC(=O)Nc1ccc(Nc2cc(-c3cccnc3)nc(N[C@@H](C)CO)n2)cc1. The molecule has 2 heterocycles. The van der Waals surface area contributed by atoms with E-state index in [4.69, 9.17) is 0 Å². The van der Waals surface area contributed by atoms with Crippen LogP contribution >= 0.6 is 0 Å². The highest BCUT2D eigenvalue weighted by atomic mass is 16.3. The number of carbonyl (C=O) groups is 1. The zero-order chi connectivity index (χ0) is 19.9. The molecular weight excluding hydrogens is 356 g/mol. The summed E-state index contributed by atoms with van der Waals surface area (Å²) in [6, 6.07) is 12.7. The van der Waals surface area contributed by atoms with Gasteiger partial charge in [-0.05, 0) is 43.3 Å². The van der Waals surface area contributed by atoms with Crippen LogP contribution in [0.4, 0.5) is 23.1 Å². The predicted octanol–water partition coefficient (Wildman–Crippen LogP) is 3.03. The Balaban J connectivity index is 1.88. The predicted molar refractivity (Wildman–Crippen MR) is 109 cm³/mol. The number of aliphatic hydroxyl groups excluding tert-OH is 1. The number of hydrogen-bond donors (Lipinski definition) is 4. The van der Waals surface area contributed by atoms with Crippen molar-refractivity contribution in [2.45, 2.75) is 19.9 Å². The fourth-order valence-corrected chi connectivity index (χ4v) is 2.49. The molecule has 8 nitrogen and oxygen atoms in total. The normalized spacial score (nSPS) is 11.5. The van der Waals surface area contributed by atoms with Crippen molar-refractivity contribution < 1.29 is 9.90 Å². The Morgan fingerprint density at radius 1 is 1.14 bits per heavy atom. The van der Waals surface area contributed by atoms with Crippen molar-refractivity contribution in [3.05, 3.63) is 54.9 Å². The molecule has 3 rings (SSSR count). The van der Waals surface area contributed by atoms with Crippen molar-refractivity contribution in [3.63, 3.8) is 0 Å². The Bertz CT molecular complexity index is 931. The molecule has 0 radical (unpaired) electrons. The summed E-state index contributed by atoms with van der Waals surface area (Å²) in [5, 5.41) is 18.4. The summed E-state index contributed by atoms with van der Waals surface area (Å²) >= 11 is 0. The Morgan fingerprint density at radius 2 is 1.89 bits per heavy atom. The van der Waals surface area contributed by atoms with E-state index in [-0.39, 0.29) is 18.6 Å². The Labute approximate surface area is 163 Å². The minimum absolute atomic E-state index is 0.0339. The van der Waals surface area contributed by atoms with Crippen LogP contribution in [0.3, 0.4) is 0 Å². The summed E-state index contributed by atoms with van der Waals surface area (Å²) in [5.41, 5.74) is 3.09. The second-order valence-electron chi connectivity index (χ2n) is 6.32. The van der Waals surface area contributed by atoms with E-state index in [0.29, 0.717) is 17.5 Å². The molecule has 1 aromatic carbocycles. The maximum Gasteiger partial charge on any atom is 0.225 e. The first-order valence-electron chi connectivity index (χ1n) is 8.85. The zero-order valence-corrected chi connectivity index (χ0v) is 15.7. The topological polar surface area (TPSA) is 112 Å². The van der Waals surface area contributed by atoms with Crippen LogP contribution in [0.2, 0.25) is 0 Å². The van der Waals surface area contributed by atoms with Crippen LogP contribution in [-0.4, -0.2) is 38.6 Å². The molecule has 0 aliphatic rings. The van der Waals surface area contributed by atoms with Gasteiger partial charge in [-0.1, -0.05) is 0 Å². The molecular formula is C20H22N6O2. The second kappa shape index (κ2) is 8.92. The number of aliphatic hydroxyl groups is 1. The molecule has 0 fully saturated rings. The molecule has 4 N–H and O–H groups in total. The Morgan fingerprint density at radius 3 is 2.54 bits per heavy atom. The summed E-state index contributed by atoms with van der Waals surface area (Å²) in [7, 11) is 0. The van der Waals surface area contributed by atoms with Crippen LogP contribution in [0.25, 0.3) is 11.3 Å². The molecule has 0 saturated carbocycles. The molecule has 0 bridgehead atoms. The van der Waals surface area contributed by atoms with E-state index < -0.39 is 0 Å². The Kier molecular flexibility index (Phi) is 6.13. The van der Waals surface area contributed by atoms with Gasteiger partial charge < -0.3 is 21.1 Å². The van der Waals surface area contributed by atoms with Gasteiger partial charge >= 0.3 is 0 Å². The molecule has 28 heavy (non-hydrogen) atoms. The van der Waals surface area contributed by atoms with Crippen LogP contribution in [0, 0.1) is 0 Å². The van der Waals surface area contributed by atoms with E-state index in [0.717, 1.165) is 16.9 Å². The highest BCUT2D eigenvalue weighted by Crippen LogP contribution is 2.24. The van der Waals surface area contributed by atoms with Crippen LogP contribution in [-0.2, 0) is 4.79 Å². The van der Waals surface area contributed by atoms with Gasteiger partial charge in [0, 0.05) is 48.4 Å². The summed E-state index contributed by atoms with van der Waals surface area (Å²) in [4.78, 5) is 24.3. The number of amides is 1. The molecule has 144 valence electrons. The van der Waals surface area contributed by atoms with Crippen LogP contribution < -0.4 is 16.0 Å². The fourth-order valence-electron chi connectivity index (χ4n) is 2.49. The lowest BCUT2D eigenvalue weighted by Gasteiger charge is -2.14. The van der Waals surface area contributed by atoms with E-state index >= 15 is 0 Å². The van der Waals surface area contributed by atoms with Crippen molar-refractivity contribution in [2.75, 3.05) is 22.6 Å². The molecule has 3 aromatic rings. The minimum atomic E-state index is -0.186. The lowest BCUT2D eigenvalue weighted by atomic mass is 10.2. The average molecular weight is 378 g/mol. The number of aromatic nitrogens is 3. The standard InChI is InChI=1S/C20H22N6O2/c1-13(12-27)22-20-25-18(15-4-3-9-21-11-15)10-19(26-20)24-17-7-5-16(6-8-17)23-14(2)28/h3-11,13,27H,12H2,1-2H3,(H,23,28)(H2,22,24,25,26)/t13-/m0/s1. The van der Waals surface area contributed by atoms with Crippen molar-refractivity contribution in [3.8, 4) is 11.3 Å². The largest absolute Gasteiger partial charge is 0.394 e. The van der Waals surface area contributed by atoms with Crippen LogP contribution in [0.5, 0.6) is 0 Å². The molecule has 0 saturated heterocycles. The van der Waals surface area contributed by atoms with Gasteiger partial charge in [-0.25, -0.2) is 4.98 Å². The number of nitrogens with zero attached hydrogens (tertiary/aromatic N) is 3. The minimum Gasteiger partial charge on any atom is -0.394 e. The number of rotatable bonds is 7. The van der Waals surface area contributed by atoms with E-state index in [9.17, 15) is 9.90 Å². The molecule has 1 amide bonds. The second-order valence-corrected chi connectivity index (χ2v) is 6.32. The van der Waals surface area contributed by atoms with Crippen molar-refractivity contribution in [1.82, 2.24) is 15.0 Å². The van der Waals surface area contributed by atoms with Crippen LogP contribution in [0.1, 0.15) is 13.8 Å². The third-order valence-electron chi connectivity index (χ3n) is 3.81. The Hall–Kier alpha value is -3.52. The van der Waals surface area contributed by atoms with Crippen LogP contribution in [0.15, 0.2) is 54.9 Å². The average Bonchev–Trinajstić information content (AvgIpc) is 2.69. The van der Waals surface area contributed by atoms with E-state index in [1.807, 2.05) is 37.3 Å². The third-order valence-corrected chi connectivity index (χ3v) is 3.81. The quantitative estimate of drug-likeness (QED) is 0.500. The van der Waals surface area contributed by atoms with Gasteiger partial charge in [-0.15, -0.1) is 0 Å². The molecule has 0 spiro atoms. The number of carbonyl (C=O) groups excluding carboxylic acids is 1. The van der Waals surface area contributed by atoms with E-state index in [2.05, 4.69) is 30.9 Å². The number of anilines is 4. The van der Waals surface area contributed by atoms with E-state index in [1.165, 1.54) is 6.92 Å². The van der Waals surface area contributed by atoms with Crippen molar-refractivity contribution in [1.29, 1.82) is 0 Å². The summed E-state index contributed by atoms with van der Waals surface area (Å²) < 4.78 is 0. The molecule has 0 unspecified atom stereocenters. The van der Waals surface area contributed by atoms with Gasteiger partial charge in [0.15, 0.2) is 0 Å². The lowest BCUT2D eigenvalue weighted by molar-refractivity contribution is -0.114. The maximum absolute atomic E-state index is 11.1. The molecule has 2 aromatic heterocycles. The highest BCUT2D eigenvalue weighted by Gasteiger charge is 2.10. The van der Waals surface area contributed by atoms with Gasteiger partial charge in [0.05, 0.1) is 12.3 Å². The number of nitrogens with one attached hydrogen (secondary N) is 3. The fraction of sp³-hybridized carbons (Fsp3) is 0.200. The number of benzene rings is 1. The van der Waals surface area contributed by atoms with Gasteiger partial charge in [0.25, 0.3) is 0 Å². The summed E-state index contributed by atoms with van der Waals surface area (Å²) in [6.07, 6.45) is 3.43. The molecule has 0 aliphatic heterocycles. The third kappa shape index (κ3) is 5.24. The molecule has 0 aliphatic carbocycles. The first kappa shape index (κ1) is 19.2. The zero-order valence-electron chi connectivity index (χ0n) is 15.7. The molecule has 1 atom stereocenters. The first-order valence-corrected chi connectivity index (χ1v) is 8.85. The van der Waals surface area contributed by atoms with Gasteiger partial charge in [-0.3, -0.25) is 9.78 Å². The maximum atomic E-state index is 11.1. The molecule has 8 heteroatoms. The number of pyridine rings is 1. The van der Waals surface area contributed by atoms with Gasteiger partial charge in [-0.2, -0.15) is 4.98 Å². The first-order chi connectivity index (χ1) is 13.5. The smallest absolute Gasteiger partial charge is 0.225 e. The van der Waals surface area contributed by atoms with Gasteiger partial charge in [0.1, 0.15) is 5.82 Å².